The summed E-state index contributed by atoms with van der Waals surface area (Å²) in [7, 11) is 1.35. The molecule has 1 aromatic carbocycles. The summed E-state index contributed by atoms with van der Waals surface area (Å²) in [6.07, 6.45) is 2.31. The van der Waals surface area contributed by atoms with Crippen molar-refractivity contribution in [3.8, 4) is 11.1 Å². The van der Waals surface area contributed by atoms with Crippen LogP contribution in [-0.4, -0.2) is 39.5 Å². The minimum absolute atomic E-state index is 0.182. The van der Waals surface area contributed by atoms with E-state index in [0.29, 0.717) is 16.5 Å². The fourth-order valence-corrected chi connectivity index (χ4v) is 5.41. The van der Waals surface area contributed by atoms with Crippen LogP contribution >= 0.6 is 23.1 Å². The molecule has 0 radical (unpaired) electrons. The van der Waals surface area contributed by atoms with E-state index in [1.165, 1.54) is 30.2 Å². The van der Waals surface area contributed by atoms with Crippen molar-refractivity contribution in [1.82, 2.24) is 14.8 Å². The number of esters is 1. The number of thiophene rings is 1. The molecule has 0 bridgehead atoms. The molecule has 1 aliphatic rings. The molecule has 1 saturated carbocycles. The smallest absolute Gasteiger partial charge is 0.341 e. The van der Waals surface area contributed by atoms with Crippen LogP contribution in [0.25, 0.3) is 11.1 Å². The summed E-state index contributed by atoms with van der Waals surface area (Å²) in [4.78, 5) is 26.2. The van der Waals surface area contributed by atoms with Gasteiger partial charge in [-0.1, -0.05) is 42.1 Å². The molecule has 0 unspecified atom stereocenters. The molecule has 7 nitrogen and oxygen atoms in total. The number of anilines is 1. The van der Waals surface area contributed by atoms with Crippen molar-refractivity contribution < 1.29 is 14.3 Å². The maximum Gasteiger partial charge on any atom is 0.341 e. The molecule has 9 heteroatoms. The summed E-state index contributed by atoms with van der Waals surface area (Å²) in [6, 6.07) is 9.65. The van der Waals surface area contributed by atoms with E-state index < -0.39 is 5.97 Å². The van der Waals surface area contributed by atoms with Gasteiger partial charge in [-0.15, -0.1) is 21.5 Å². The summed E-state index contributed by atoms with van der Waals surface area (Å²) < 4.78 is 7.10. The van der Waals surface area contributed by atoms with Crippen molar-refractivity contribution in [2.24, 2.45) is 0 Å². The standard InChI is InChI=1S/C22H24N4O3S2/c1-4-26-19(15-10-11-15)24-25-22(26)30-12-16(27)23-20-18(21(28)29-3)17(13(2)31-20)14-8-6-5-7-9-14/h5-9,15H,4,10-12H2,1-3H3,(H,23,27). The van der Waals surface area contributed by atoms with E-state index in [-0.39, 0.29) is 11.7 Å². The van der Waals surface area contributed by atoms with Crippen molar-refractivity contribution in [3.63, 3.8) is 0 Å². The average molecular weight is 457 g/mol. The van der Waals surface area contributed by atoms with Gasteiger partial charge in [0.25, 0.3) is 0 Å². The second-order valence-corrected chi connectivity index (χ2v) is 9.46. The van der Waals surface area contributed by atoms with Crippen LogP contribution in [0, 0.1) is 6.92 Å². The number of aryl methyl sites for hydroxylation is 1. The molecule has 2 heterocycles. The highest BCUT2D eigenvalue weighted by atomic mass is 32.2. The van der Waals surface area contributed by atoms with Crippen LogP contribution in [0.5, 0.6) is 0 Å². The number of ether oxygens (including phenoxy) is 1. The highest BCUT2D eigenvalue weighted by Crippen LogP contribution is 2.41. The first-order chi connectivity index (χ1) is 15.0. The quantitative estimate of drug-likeness (QED) is 0.390. The van der Waals surface area contributed by atoms with Crippen LogP contribution in [0.15, 0.2) is 35.5 Å². The first kappa shape index (κ1) is 21.6. The Balaban J connectivity index is 1.52. The van der Waals surface area contributed by atoms with Gasteiger partial charge in [0.2, 0.25) is 5.91 Å². The molecule has 4 rings (SSSR count). The Kier molecular flexibility index (Phi) is 6.43. The number of thioether (sulfide) groups is 1. The fraction of sp³-hybridized carbons (Fsp3) is 0.364. The van der Waals surface area contributed by atoms with Crippen LogP contribution in [0.4, 0.5) is 5.00 Å². The third kappa shape index (κ3) is 4.52. The van der Waals surface area contributed by atoms with E-state index in [4.69, 9.17) is 4.74 Å². The Labute approximate surface area is 189 Å². The highest BCUT2D eigenvalue weighted by Gasteiger charge is 2.30. The van der Waals surface area contributed by atoms with Crippen molar-refractivity contribution in [1.29, 1.82) is 0 Å². The molecule has 162 valence electrons. The lowest BCUT2D eigenvalue weighted by atomic mass is 10.0. The second kappa shape index (κ2) is 9.23. The third-order valence-electron chi connectivity index (χ3n) is 5.13. The largest absolute Gasteiger partial charge is 0.465 e. The molecule has 0 atom stereocenters. The van der Waals surface area contributed by atoms with Crippen molar-refractivity contribution in [2.75, 3.05) is 18.2 Å². The fourth-order valence-electron chi connectivity index (χ4n) is 3.52. The number of benzene rings is 1. The number of carbonyl (C=O) groups is 2. The second-order valence-electron chi connectivity index (χ2n) is 7.29. The lowest BCUT2D eigenvalue weighted by Crippen LogP contribution is -2.16. The zero-order valence-corrected chi connectivity index (χ0v) is 19.3. The van der Waals surface area contributed by atoms with Crippen molar-refractivity contribution >= 4 is 40.0 Å². The van der Waals surface area contributed by atoms with E-state index in [0.717, 1.165) is 46.4 Å². The first-order valence-corrected chi connectivity index (χ1v) is 12.0. The predicted molar refractivity (Wildman–Crippen MR) is 123 cm³/mol. The Hall–Kier alpha value is -2.65. The molecule has 0 aliphatic heterocycles. The van der Waals surface area contributed by atoms with Crippen LogP contribution in [0.1, 0.15) is 46.7 Å². The maximum atomic E-state index is 12.7. The zero-order valence-electron chi connectivity index (χ0n) is 17.7. The summed E-state index contributed by atoms with van der Waals surface area (Å²) in [5, 5.41) is 12.7. The first-order valence-electron chi connectivity index (χ1n) is 10.2. The minimum Gasteiger partial charge on any atom is -0.465 e. The van der Waals surface area contributed by atoms with Crippen LogP contribution < -0.4 is 5.32 Å². The number of aromatic nitrogens is 3. The number of nitrogens with one attached hydrogen (secondary N) is 1. The molecule has 31 heavy (non-hydrogen) atoms. The molecule has 2 aromatic heterocycles. The van der Waals surface area contributed by atoms with Gasteiger partial charge in [0, 0.05) is 22.9 Å². The Morgan fingerprint density at radius 3 is 2.65 bits per heavy atom. The van der Waals surface area contributed by atoms with Gasteiger partial charge in [0.05, 0.1) is 12.9 Å². The molecule has 0 saturated heterocycles. The number of methoxy groups -OCH3 is 1. The summed E-state index contributed by atoms with van der Waals surface area (Å²) >= 11 is 2.74. The molecule has 1 fully saturated rings. The van der Waals surface area contributed by atoms with Gasteiger partial charge in [0.15, 0.2) is 5.16 Å². The number of nitrogens with zero attached hydrogens (tertiary/aromatic N) is 3. The maximum absolute atomic E-state index is 12.7. The van der Waals surface area contributed by atoms with Gasteiger partial charge in [0.1, 0.15) is 16.4 Å². The third-order valence-corrected chi connectivity index (χ3v) is 7.11. The number of rotatable bonds is 8. The van der Waals surface area contributed by atoms with E-state index in [9.17, 15) is 9.59 Å². The highest BCUT2D eigenvalue weighted by molar-refractivity contribution is 7.99. The predicted octanol–water partition coefficient (Wildman–Crippen LogP) is 4.73. The van der Waals surface area contributed by atoms with Crippen LogP contribution in [0.3, 0.4) is 0 Å². The van der Waals surface area contributed by atoms with Crippen LogP contribution in [0.2, 0.25) is 0 Å². The summed E-state index contributed by atoms with van der Waals surface area (Å²) in [5.41, 5.74) is 2.10. The lowest BCUT2D eigenvalue weighted by molar-refractivity contribution is -0.113. The molecule has 1 N–H and O–H groups in total. The average Bonchev–Trinajstić information content (AvgIpc) is 3.46. The van der Waals surface area contributed by atoms with Crippen LogP contribution in [-0.2, 0) is 16.1 Å². The molecule has 3 aromatic rings. The number of hydrogen-bond donors (Lipinski definition) is 1. The number of hydrogen-bond acceptors (Lipinski definition) is 7. The number of carbonyl (C=O) groups excluding carboxylic acids is 2. The summed E-state index contributed by atoms with van der Waals surface area (Å²) in [5.74, 6) is 1.03. The van der Waals surface area contributed by atoms with Crippen molar-refractivity contribution in [2.45, 2.75) is 44.3 Å². The van der Waals surface area contributed by atoms with E-state index in [1.807, 2.05) is 37.3 Å². The summed E-state index contributed by atoms with van der Waals surface area (Å²) in [6.45, 7) is 4.77. The lowest BCUT2D eigenvalue weighted by Gasteiger charge is -2.09. The van der Waals surface area contributed by atoms with E-state index in [2.05, 4.69) is 27.0 Å². The Morgan fingerprint density at radius 1 is 1.26 bits per heavy atom. The Morgan fingerprint density at radius 2 is 2.00 bits per heavy atom. The minimum atomic E-state index is -0.467. The molecular formula is C22H24N4O3S2. The topological polar surface area (TPSA) is 86.1 Å². The Bertz CT molecular complexity index is 1100. The van der Waals surface area contributed by atoms with E-state index >= 15 is 0 Å². The van der Waals surface area contributed by atoms with Gasteiger partial charge in [-0.3, -0.25) is 4.79 Å². The van der Waals surface area contributed by atoms with E-state index in [1.54, 1.807) is 0 Å². The molecule has 0 spiro atoms. The zero-order chi connectivity index (χ0) is 22.0. The van der Waals surface area contributed by atoms with Gasteiger partial charge in [-0.05, 0) is 32.3 Å². The monoisotopic (exact) mass is 456 g/mol. The molecular weight excluding hydrogens is 432 g/mol. The van der Waals surface area contributed by atoms with Gasteiger partial charge < -0.3 is 14.6 Å². The molecule has 1 amide bonds. The normalized spacial score (nSPS) is 13.3. The SMILES string of the molecule is CCn1c(SCC(=O)Nc2sc(C)c(-c3ccccc3)c2C(=O)OC)nnc1C1CC1. The molecule has 1 aliphatic carbocycles. The van der Waals surface area contributed by atoms with Crippen molar-refractivity contribution in [3.05, 3.63) is 46.6 Å². The number of amides is 1. The van der Waals surface area contributed by atoms with Gasteiger partial charge in [-0.2, -0.15) is 0 Å². The van der Waals surface area contributed by atoms with Gasteiger partial charge >= 0.3 is 5.97 Å². The van der Waals surface area contributed by atoms with Gasteiger partial charge in [-0.25, -0.2) is 4.79 Å².